The smallest absolute Gasteiger partial charge is 0.125 e. The van der Waals surface area contributed by atoms with Crippen molar-refractivity contribution in [1.29, 1.82) is 0 Å². The Kier molecular flexibility index (Phi) is 1.51. The van der Waals surface area contributed by atoms with Crippen LogP contribution < -0.4 is 5.32 Å². The Morgan fingerprint density at radius 1 is 1.64 bits per heavy atom. The molecule has 1 atom stereocenters. The number of rotatable bonds is 2. The number of anilines is 1. The van der Waals surface area contributed by atoms with Crippen LogP contribution in [0.25, 0.3) is 0 Å². The van der Waals surface area contributed by atoms with Gasteiger partial charge in [0.2, 0.25) is 0 Å². The van der Waals surface area contributed by atoms with E-state index in [1.54, 1.807) is 0 Å². The second-order valence-electron chi connectivity index (χ2n) is 2.55. The lowest BCUT2D eigenvalue weighted by molar-refractivity contribution is 0.415. The van der Waals surface area contributed by atoms with Gasteiger partial charge < -0.3 is 10.1 Å². The summed E-state index contributed by atoms with van der Waals surface area (Å²) < 4.78 is 5.11. The van der Waals surface area contributed by atoms with Gasteiger partial charge in [0.15, 0.2) is 0 Å². The Morgan fingerprint density at radius 2 is 2.45 bits per heavy atom. The number of ether oxygens (including phenoxy) is 1. The number of nitrogens with zero attached hydrogens (tertiary/aromatic N) is 1. The molecule has 0 unspecified atom stereocenters. The molecule has 1 aliphatic rings. The molecule has 0 spiro atoms. The molecule has 3 nitrogen and oxygen atoms in total. The summed E-state index contributed by atoms with van der Waals surface area (Å²) in [6.45, 7) is 0.848. The lowest BCUT2D eigenvalue weighted by atomic mass is 10.2. The van der Waals surface area contributed by atoms with E-state index in [1.807, 2.05) is 25.4 Å². The van der Waals surface area contributed by atoms with Gasteiger partial charge in [-0.3, -0.25) is 0 Å². The molecule has 0 aromatic carbocycles. The number of hydrogen-bond acceptors (Lipinski definition) is 3. The molecule has 0 bridgehead atoms. The van der Waals surface area contributed by atoms with E-state index in [0.717, 1.165) is 12.4 Å². The van der Waals surface area contributed by atoms with Gasteiger partial charge in [-0.25, -0.2) is 4.98 Å². The van der Waals surface area contributed by atoms with Crippen molar-refractivity contribution in [3.63, 3.8) is 0 Å². The zero-order valence-electron chi connectivity index (χ0n) is 6.37. The summed E-state index contributed by atoms with van der Waals surface area (Å²) in [5, 5.41) is 2.96. The molecule has 1 fully saturated rings. The standard InChI is InChI=1S/C8H10N2O/c1-9-8-3-2-6(4-10-8)7-5-11-7/h2-4,7H,5H2,1H3,(H,9,10)/t7-/m0/s1. The topological polar surface area (TPSA) is 37.5 Å². The maximum absolute atomic E-state index is 5.11. The van der Waals surface area contributed by atoms with Crippen LogP contribution in [0, 0.1) is 0 Å². The molecule has 1 aromatic heterocycles. The van der Waals surface area contributed by atoms with E-state index in [2.05, 4.69) is 10.3 Å². The van der Waals surface area contributed by atoms with Gasteiger partial charge in [0.25, 0.3) is 0 Å². The van der Waals surface area contributed by atoms with E-state index in [9.17, 15) is 0 Å². The summed E-state index contributed by atoms with van der Waals surface area (Å²) in [5.41, 5.74) is 1.17. The SMILES string of the molecule is CNc1ccc([C@@H]2CO2)cn1. The van der Waals surface area contributed by atoms with E-state index in [0.29, 0.717) is 6.10 Å². The van der Waals surface area contributed by atoms with Crippen LogP contribution in [0.4, 0.5) is 5.82 Å². The van der Waals surface area contributed by atoms with Crippen molar-refractivity contribution in [1.82, 2.24) is 4.98 Å². The molecular formula is C8H10N2O. The maximum Gasteiger partial charge on any atom is 0.125 e. The minimum absolute atomic E-state index is 0.313. The summed E-state index contributed by atoms with van der Waals surface area (Å²) in [6.07, 6.45) is 2.16. The molecule has 58 valence electrons. The van der Waals surface area contributed by atoms with Crippen LogP contribution in [0.15, 0.2) is 18.3 Å². The predicted molar refractivity (Wildman–Crippen MR) is 42.5 cm³/mol. The third-order valence-electron chi connectivity index (χ3n) is 1.75. The highest BCUT2D eigenvalue weighted by atomic mass is 16.6. The van der Waals surface area contributed by atoms with Gasteiger partial charge in [-0.05, 0) is 6.07 Å². The van der Waals surface area contributed by atoms with E-state index < -0.39 is 0 Å². The number of nitrogens with one attached hydrogen (secondary N) is 1. The van der Waals surface area contributed by atoms with Crippen LogP contribution in [0.2, 0.25) is 0 Å². The molecule has 0 saturated carbocycles. The van der Waals surface area contributed by atoms with Crippen molar-refractivity contribution in [2.24, 2.45) is 0 Å². The van der Waals surface area contributed by atoms with E-state index in [-0.39, 0.29) is 0 Å². The van der Waals surface area contributed by atoms with Gasteiger partial charge in [-0.1, -0.05) is 6.07 Å². The normalized spacial score (nSPS) is 21.4. The fraction of sp³-hybridized carbons (Fsp3) is 0.375. The monoisotopic (exact) mass is 150 g/mol. The van der Waals surface area contributed by atoms with Crippen molar-refractivity contribution in [3.8, 4) is 0 Å². The quantitative estimate of drug-likeness (QED) is 0.643. The van der Waals surface area contributed by atoms with Gasteiger partial charge in [0, 0.05) is 18.8 Å². The van der Waals surface area contributed by atoms with Crippen LogP contribution in [0.3, 0.4) is 0 Å². The fourth-order valence-electron chi connectivity index (χ4n) is 0.984. The summed E-state index contributed by atoms with van der Waals surface area (Å²) in [4.78, 5) is 4.17. The largest absolute Gasteiger partial charge is 0.373 e. The van der Waals surface area contributed by atoms with Crippen molar-refractivity contribution in [2.75, 3.05) is 19.0 Å². The second-order valence-corrected chi connectivity index (χ2v) is 2.55. The molecular weight excluding hydrogens is 140 g/mol. The van der Waals surface area contributed by atoms with Crippen LogP contribution in [0.1, 0.15) is 11.7 Å². The number of pyridine rings is 1. The maximum atomic E-state index is 5.11. The molecule has 1 N–H and O–H groups in total. The Bertz CT molecular complexity index is 241. The Hall–Kier alpha value is -1.09. The summed E-state index contributed by atoms with van der Waals surface area (Å²) in [5.74, 6) is 0.898. The Balaban J connectivity index is 2.19. The van der Waals surface area contributed by atoms with E-state index >= 15 is 0 Å². The average molecular weight is 150 g/mol. The van der Waals surface area contributed by atoms with Crippen LogP contribution in [-0.4, -0.2) is 18.6 Å². The highest BCUT2D eigenvalue weighted by molar-refractivity contribution is 5.35. The molecule has 2 heterocycles. The fourth-order valence-corrected chi connectivity index (χ4v) is 0.984. The van der Waals surface area contributed by atoms with Crippen LogP contribution >= 0.6 is 0 Å². The average Bonchev–Trinajstić information content (AvgIpc) is 2.87. The molecule has 0 aliphatic carbocycles. The highest BCUT2D eigenvalue weighted by Gasteiger charge is 2.24. The first-order chi connectivity index (χ1) is 5.40. The van der Waals surface area contributed by atoms with Crippen molar-refractivity contribution in [3.05, 3.63) is 23.9 Å². The van der Waals surface area contributed by atoms with E-state index in [1.165, 1.54) is 5.56 Å². The minimum Gasteiger partial charge on any atom is -0.373 e. The van der Waals surface area contributed by atoms with Crippen molar-refractivity contribution < 1.29 is 4.74 Å². The summed E-state index contributed by atoms with van der Waals surface area (Å²) >= 11 is 0. The number of hydrogen-bond donors (Lipinski definition) is 1. The second kappa shape index (κ2) is 2.51. The van der Waals surface area contributed by atoms with Crippen LogP contribution in [0.5, 0.6) is 0 Å². The third-order valence-corrected chi connectivity index (χ3v) is 1.75. The third kappa shape index (κ3) is 1.33. The van der Waals surface area contributed by atoms with Crippen molar-refractivity contribution in [2.45, 2.75) is 6.10 Å². The number of aromatic nitrogens is 1. The molecule has 0 amide bonds. The van der Waals surface area contributed by atoms with Gasteiger partial charge in [-0.15, -0.1) is 0 Å². The molecule has 1 aliphatic heterocycles. The molecule has 11 heavy (non-hydrogen) atoms. The van der Waals surface area contributed by atoms with E-state index in [4.69, 9.17) is 4.74 Å². The first-order valence-corrected chi connectivity index (χ1v) is 3.65. The highest BCUT2D eigenvalue weighted by Crippen LogP contribution is 2.29. The predicted octanol–water partition coefficient (Wildman–Crippen LogP) is 1.19. The molecule has 3 heteroatoms. The van der Waals surface area contributed by atoms with Gasteiger partial charge >= 0.3 is 0 Å². The zero-order valence-corrected chi connectivity index (χ0v) is 6.37. The first kappa shape index (κ1) is 6.61. The summed E-state index contributed by atoms with van der Waals surface area (Å²) in [6, 6.07) is 3.99. The lowest BCUT2D eigenvalue weighted by Crippen LogP contribution is -1.92. The van der Waals surface area contributed by atoms with Gasteiger partial charge in [0.05, 0.1) is 6.61 Å². The van der Waals surface area contributed by atoms with Crippen LogP contribution in [-0.2, 0) is 4.74 Å². The number of epoxide rings is 1. The lowest BCUT2D eigenvalue weighted by Gasteiger charge is -1.98. The summed E-state index contributed by atoms with van der Waals surface area (Å²) in [7, 11) is 1.86. The molecule has 1 saturated heterocycles. The Labute approximate surface area is 65.4 Å². The minimum atomic E-state index is 0.313. The first-order valence-electron chi connectivity index (χ1n) is 3.65. The molecule has 0 radical (unpaired) electrons. The van der Waals surface area contributed by atoms with Crippen molar-refractivity contribution >= 4 is 5.82 Å². The Morgan fingerprint density at radius 3 is 2.91 bits per heavy atom. The molecule has 1 aromatic rings. The van der Waals surface area contributed by atoms with Gasteiger partial charge in [-0.2, -0.15) is 0 Å². The molecule has 2 rings (SSSR count). The van der Waals surface area contributed by atoms with Gasteiger partial charge in [0.1, 0.15) is 11.9 Å². The zero-order chi connectivity index (χ0) is 7.68.